The highest BCUT2D eigenvalue weighted by atomic mass is 32.1. The zero-order valence-corrected chi connectivity index (χ0v) is 12.1. The number of ether oxygens (including phenoxy) is 1. The molecular weight excluding hydrogens is 282 g/mol. The van der Waals surface area contributed by atoms with Crippen molar-refractivity contribution < 1.29 is 14.7 Å². The molecule has 9 heteroatoms. The fraction of sp³-hybridized carbons (Fsp3) is 0.636. The van der Waals surface area contributed by atoms with Crippen molar-refractivity contribution in [1.29, 1.82) is 0 Å². The Labute approximate surface area is 120 Å². The van der Waals surface area contributed by atoms with Gasteiger partial charge in [0, 0.05) is 6.54 Å². The predicted molar refractivity (Wildman–Crippen MR) is 73.1 cm³/mol. The van der Waals surface area contributed by atoms with Crippen LogP contribution in [0.15, 0.2) is 5.16 Å². The Morgan fingerprint density at radius 3 is 3.05 bits per heavy atom. The molecule has 0 radical (unpaired) electrons. The molecule has 8 nitrogen and oxygen atoms in total. The molecule has 3 N–H and O–H groups in total. The third-order valence-electron chi connectivity index (χ3n) is 3.05. The minimum Gasteiger partial charge on any atom is -0.409 e. The number of hydrogen-bond donors (Lipinski definition) is 2. The summed E-state index contributed by atoms with van der Waals surface area (Å²) in [5.74, 6) is -0.0367. The molecule has 1 fully saturated rings. The van der Waals surface area contributed by atoms with Crippen LogP contribution in [0.2, 0.25) is 0 Å². The summed E-state index contributed by atoms with van der Waals surface area (Å²) in [5, 5.41) is 15.6. The van der Waals surface area contributed by atoms with E-state index in [0.29, 0.717) is 23.7 Å². The van der Waals surface area contributed by atoms with Gasteiger partial charge in [-0.3, -0.25) is 4.79 Å². The van der Waals surface area contributed by atoms with E-state index < -0.39 is 6.10 Å². The largest absolute Gasteiger partial charge is 0.409 e. The fourth-order valence-electron chi connectivity index (χ4n) is 1.94. The van der Waals surface area contributed by atoms with Gasteiger partial charge in [0.1, 0.15) is 11.0 Å². The molecule has 1 aromatic rings. The first-order valence-electron chi connectivity index (χ1n) is 6.25. The number of carbonyl (C=O) groups excluding carboxylic acids is 1. The smallest absolute Gasteiger partial charge is 0.267 e. The Morgan fingerprint density at radius 1 is 1.65 bits per heavy atom. The maximum atomic E-state index is 12.5. The van der Waals surface area contributed by atoms with E-state index in [1.54, 1.807) is 4.90 Å². The predicted octanol–water partition coefficient (Wildman–Crippen LogP) is 0.249. The van der Waals surface area contributed by atoms with Crippen LogP contribution in [0, 0.1) is 0 Å². The van der Waals surface area contributed by atoms with Crippen LogP contribution < -0.4 is 5.73 Å². The van der Waals surface area contributed by atoms with Crippen LogP contribution in [0.1, 0.15) is 35.1 Å². The van der Waals surface area contributed by atoms with Gasteiger partial charge in [-0.1, -0.05) is 23.5 Å². The lowest BCUT2D eigenvalue weighted by Gasteiger charge is -2.32. The molecule has 110 valence electrons. The van der Waals surface area contributed by atoms with E-state index in [-0.39, 0.29) is 24.2 Å². The Morgan fingerprint density at radius 2 is 2.40 bits per heavy atom. The molecule has 0 aliphatic carbocycles. The van der Waals surface area contributed by atoms with E-state index in [4.69, 9.17) is 15.7 Å². The highest BCUT2D eigenvalue weighted by Gasteiger charge is 2.30. The van der Waals surface area contributed by atoms with E-state index >= 15 is 0 Å². The molecule has 1 unspecified atom stereocenters. The van der Waals surface area contributed by atoms with Crippen LogP contribution in [0.4, 0.5) is 0 Å². The van der Waals surface area contributed by atoms with Crippen molar-refractivity contribution in [2.75, 3.05) is 19.7 Å². The lowest BCUT2D eigenvalue weighted by atomic mass is 10.1. The average molecular weight is 299 g/mol. The number of rotatable bonds is 3. The molecule has 0 bridgehead atoms. The third-order valence-corrected chi connectivity index (χ3v) is 3.78. The molecule has 1 aromatic heterocycles. The Hall–Kier alpha value is -1.74. The summed E-state index contributed by atoms with van der Waals surface area (Å²) in [7, 11) is 0. The lowest BCUT2D eigenvalue weighted by molar-refractivity contribution is 0.00691. The van der Waals surface area contributed by atoms with Crippen LogP contribution in [-0.4, -0.2) is 57.2 Å². The summed E-state index contributed by atoms with van der Waals surface area (Å²) in [6.07, 6.45) is -0.582. The molecule has 0 saturated carbocycles. The number of nitrogens with two attached hydrogens (primary N) is 1. The number of carbonyl (C=O) groups is 1. The van der Waals surface area contributed by atoms with Crippen LogP contribution in [0.5, 0.6) is 0 Å². The SMILES string of the molecule is CC(C)c1nnsc1C(=O)N1CCOC(C(N)=NO)C1. The average Bonchev–Trinajstić information content (AvgIpc) is 2.95. The highest BCUT2D eigenvalue weighted by Crippen LogP contribution is 2.22. The number of nitrogens with zero attached hydrogens (tertiary/aromatic N) is 4. The quantitative estimate of drug-likeness (QED) is 0.358. The zero-order chi connectivity index (χ0) is 14.7. The van der Waals surface area contributed by atoms with Gasteiger partial charge >= 0.3 is 0 Å². The second-order valence-corrected chi connectivity index (χ2v) is 5.53. The first-order chi connectivity index (χ1) is 9.54. The fourth-order valence-corrected chi connectivity index (χ4v) is 2.73. The topological polar surface area (TPSA) is 114 Å². The maximum absolute atomic E-state index is 12.5. The lowest BCUT2D eigenvalue weighted by Crippen LogP contribution is -2.50. The van der Waals surface area contributed by atoms with Gasteiger partial charge < -0.3 is 20.6 Å². The van der Waals surface area contributed by atoms with Crippen LogP contribution in [-0.2, 0) is 4.74 Å². The van der Waals surface area contributed by atoms with Gasteiger partial charge in [-0.15, -0.1) is 5.10 Å². The number of morpholine rings is 1. The molecule has 1 atom stereocenters. The van der Waals surface area contributed by atoms with E-state index in [1.807, 2.05) is 13.8 Å². The maximum Gasteiger partial charge on any atom is 0.267 e. The number of amides is 1. The minimum absolute atomic E-state index is 0.0333. The standard InChI is InChI=1S/C11H17N5O3S/c1-6(2)8-9(20-15-13-8)11(17)16-3-4-19-7(5-16)10(12)14-18/h6-7,18H,3-5H2,1-2H3,(H2,12,14). The van der Waals surface area contributed by atoms with E-state index in [2.05, 4.69) is 14.7 Å². The van der Waals surface area contributed by atoms with Gasteiger partial charge in [0.05, 0.1) is 18.8 Å². The third kappa shape index (κ3) is 2.88. The first kappa shape index (κ1) is 14.7. The normalized spacial score (nSPS) is 20.4. The van der Waals surface area contributed by atoms with Gasteiger partial charge in [-0.05, 0) is 17.5 Å². The second kappa shape index (κ2) is 6.14. The van der Waals surface area contributed by atoms with Crippen molar-refractivity contribution >= 4 is 23.3 Å². The van der Waals surface area contributed by atoms with Crippen LogP contribution in [0.25, 0.3) is 0 Å². The van der Waals surface area contributed by atoms with E-state index in [1.165, 1.54) is 0 Å². The molecule has 0 aromatic carbocycles. The second-order valence-electron chi connectivity index (χ2n) is 4.78. The van der Waals surface area contributed by atoms with Crippen molar-refractivity contribution in [3.05, 3.63) is 10.6 Å². The molecule has 0 spiro atoms. The number of amidine groups is 1. The Bertz CT molecular complexity index is 516. The van der Waals surface area contributed by atoms with Crippen LogP contribution in [0.3, 0.4) is 0 Å². The number of hydrogen-bond acceptors (Lipinski definition) is 7. The van der Waals surface area contributed by atoms with Gasteiger partial charge in [-0.2, -0.15) is 0 Å². The van der Waals surface area contributed by atoms with Crippen molar-refractivity contribution in [3.8, 4) is 0 Å². The Balaban J connectivity index is 2.14. The highest BCUT2D eigenvalue weighted by molar-refractivity contribution is 7.08. The Kier molecular flexibility index (Phi) is 4.50. The van der Waals surface area contributed by atoms with Crippen molar-refractivity contribution in [2.45, 2.75) is 25.9 Å². The van der Waals surface area contributed by atoms with Crippen LogP contribution >= 0.6 is 11.5 Å². The summed E-state index contributed by atoms with van der Waals surface area (Å²) in [4.78, 5) is 14.7. The van der Waals surface area contributed by atoms with Gasteiger partial charge in [0.2, 0.25) is 0 Å². The molecule has 1 amide bonds. The van der Waals surface area contributed by atoms with Gasteiger partial charge in [-0.25, -0.2) is 0 Å². The number of oxime groups is 1. The molecule has 1 saturated heterocycles. The molecule has 1 aliphatic heterocycles. The van der Waals surface area contributed by atoms with Gasteiger partial charge in [0.25, 0.3) is 5.91 Å². The van der Waals surface area contributed by atoms with Crippen molar-refractivity contribution in [3.63, 3.8) is 0 Å². The zero-order valence-electron chi connectivity index (χ0n) is 11.3. The summed E-state index contributed by atoms with van der Waals surface area (Å²) in [6, 6.07) is 0. The van der Waals surface area contributed by atoms with Gasteiger partial charge in [0.15, 0.2) is 5.84 Å². The monoisotopic (exact) mass is 299 g/mol. The van der Waals surface area contributed by atoms with E-state index in [0.717, 1.165) is 11.5 Å². The minimum atomic E-state index is -0.582. The first-order valence-corrected chi connectivity index (χ1v) is 7.02. The summed E-state index contributed by atoms with van der Waals surface area (Å²) in [6.45, 7) is 4.99. The molecule has 2 heterocycles. The van der Waals surface area contributed by atoms with E-state index in [9.17, 15) is 4.79 Å². The number of aromatic nitrogens is 2. The summed E-state index contributed by atoms with van der Waals surface area (Å²) < 4.78 is 9.22. The summed E-state index contributed by atoms with van der Waals surface area (Å²) >= 11 is 1.09. The van der Waals surface area contributed by atoms with Crippen molar-refractivity contribution in [2.24, 2.45) is 10.9 Å². The molecule has 20 heavy (non-hydrogen) atoms. The molecular formula is C11H17N5O3S. The molecule has 1 aliphatic rings. The molecule has 2 rings (SSSR count). The summed E-state index contributed by atoms with van der Waals surface area (Å²) in [5.41, 5.74) is 6.22. The van der Waals surface area contributed by atoms with Crippen molar-refractivity contribution in [1.82, 2.24) is 14.5 Å².